The summed E-state index contributed by atoms with van der Waals surface area (Å²) in [6.45, 7) is 8.53. The number of hydrogen-bond donors (Lipinski definition) is 2. The van der Waals surface area contributed by atoms with Gasteiger partial charge in [0.25, 0.3) is 5.56 Å². The second-order valence-corrected chi connectivity index (χ2v) is 7.44. The van der Waals surface area contributed by atoms with Crippen molar-refractivity contribution in [3.63, 3.8) is 0 Å². The summed E-state index contributed by atoms with van der Waals surface area (Å²) in [5.74, 6) is 1.52. The van der Waals surface area contributed by atoms with Crippen LogP contribution < -0.4 is 20.5 Å². The summed E-state index contributed by atoms with van der Waals surface area (Å²) in [7, 11) is 1.60. The van der Waals surface area contributed by atoms with Crippen LogP contribution in [-0.4, -0.2) is 35.1 Å². The largest absolute Gasteiger partial charge is 0.493 e. The molecule has 1 aromatic heterocycles. The quantitative estimate of drug-likeness (QED) is 0.388. The maximum atomic E-state index is 12.1. The number of H-pyrrole nitrogens is 1. The Balaban J connectivity index is 2.02. The Kier molecular flexibility index (Phi) is 7.54. The van der Waals surface area contributed by atoms with Crippen molar-refractivity contribution in [3.05, 3.63) is 39.8 Å². The predicted molar refractivity (Wildman–Crippen MR) is 111 cm³/mol. The molecule has 0 aliphatic carbocycles. The van der Waals surface area contributed by atoms with E-state index in [0.29, 0.717) is 23.8 Å². The van der Waals surface area contributed by atoms with Gasteiger partial charge < -0.3 is 9.47 Å². The fourth-order valence-electron chi connectivity index (χ4n) is 2.46. The first-order valence-corrected chi connectivity index (χ1v) is 9.42. The first-order chi connectivity index (χ1) is 13.3. The molecule has 0 spiro atoms. The number of anilines is 1. The molecule has 8 nitrogen and oxygen atoms in total. The van der Waals surface area contributed by atoms with Crippen LogP contribution in [0.15, 0.2) is 28.1 Å². The summed E-state index contributed by atoms with van der Waals surface area (Å²) in [5, 5.41) is 12.0. The van der Waals surface area contributed by atoms with Crippen molar-refractivity contribution < 1.29 is 9.47 Å². The van der Waals surface area contributed by atoms with Crippen molar-refractivity contribution in [2.75, 3.05) is 19.1 Å². The van der Waals surface area contributed by atoms with Crippen molar-refractivity contribution in [1.82, 2.24) is 15.2 Å². The van der Waals surface area contributed by atoms with Gasteiger partial charge in [-0.05, 0) is 30.2 Å². The van der Waals surface area contributed by atoms with Crippen molar-refractivity contribution in [1.29, 1.82) is 0 Å². The smallest absolute Gasteiger partial charge is 0.274 e. The van der Waals surface area contributed by atoms with Gasteiger partial charge in [-0.1, -0.05) is 40.5 Å². The molecule has 2 N–H and O–H groups in total. The molecule has 0 radical (unpaired) electrons. The first kappa shape index (κ1) is 21.4. The molecule has 1 aromatic carbocycles. The number of ether oxygens (including phenoxy) is 2. The highest BCUT2D eigenvalue weighted by atomic mass is 16.5. The maximum absolute atomic E-state index is 12.1. The maximum Gasteiger partial charge on any atom is 0.274 e. The Bertz CT molecular complexity index is 856. The lowest BCUT2D eigenvalue weighted by Gasteiger charge is -2.15. The van der Waals surface area contributed by atoms with Gasteiger partial charge in [-0.3, -0.25) is 9.78 Å². The summed E-state index contributed by atoms with van der Waals surface area (Å²) in [6, 6.07) is 5.56. The lowest BCUT2D eigenvalue weighted by molar-refractivity contribution is 0.286. The molecule has 152 valence electrons. The third-order valence-corrected chi connectivity index (χ3v) is 3.98. The van der Waals surface area contributed by atoms with E-state index in [0.717, 1.165) is 24.8 Å². The van der Waals surface area contributed by atoms with E-state index in [2.05, 4.69) is 32.6 Å². The Morgan fingerprint density at radius 1 is 1.21 bits per heavy atom. The van der Waals surface area contributed by atoms with E-state index in [1.807, 2.05) is 39.0 Å². The molecule has 0 saturated carbocycles. The number of aromatic nitrogens is 3. The molecule has 0 bridgehead atoms. The van der Waals surface area contributed by atoms with Crippen LogP contribution in [0.5, 0.6) is 11.5 Å². The Hall–Kier alpha value is -2.90. The van der Waals surface area contributed by atoms with Gasteiger partial charge in [0.05, 0.1) is 19.9 Å². The molecule has 0 amide bonds. The highest BCUT2D eigenvalue weighted by Gasteiger charge is 2.20. The van der Waals surface area contributed by atoms with Gasteiger partial charge in [0.1, 0.15) is 5.69 Å². The van der Waals surface area contributed by atoms with Crippen LogP contribution in [0.25, 0.3) is 0 Å². The molecule has 0 unspecified atom stereocenters. The van der Waals surface area contributed by atoms with Crippen LogP contribution in [0.3, 0.4) is 0 Å². The van der Waals surface area contributed by atoms with E-state index in [-0.39, 0.29) is 16.9 Å². The van der Waals surface area contributed by atoms with E-state index < -0.39 is 0 Å². The number of methoxy groups -OCH3 is 1. The zero-order valence-electron chi connectivity index (χ0n) is 17.2. The number of unbranched alkanes of at least 4 members (excludes halogenated alkanes) is 2. The molecule has 2 aromatic rings. The van der Waals surface area contributed by atoms with E-state index in [4.69, 9.17) is 9.47 Å². The van der Waals surface area contributed by atoms with Gasteiger partial charge in [-0.15, -0.1) is 10.2 Å². The molecule has 0 aliphatic rings. The van der Waals surface area contributed by atoms with Gasteiger partial charge in [0.2, 0.25) is 5.95 Å². The topological polar surface area (TPSA) is 101 Å². The molecular weight excluding hydrogens is 358 g/mol. The van der Waals surface area contributed by atoms with Crippen LogP contribution in [-0.2, 0) is 5.41 Å². The van der Waals surface area contributed by atoms with Crippen molar-refractivity contribution in [3.8, 4) is 11.5 Å². The van der Waals surface area contributed by atoms with E-state index in [9.17, 15) is 4.79 Å². The van der Waals surface area contributed by atoms with Crippen LogP contribution in [0, 0.1) is 0 Å². The summed E-state index contributed by atoms with van der Waals surface area (Å²) in [4.78, 5) is 14.7. The number of aromatic amines is 1. The second kappa shape index (κ2) is 9.87. The molecule has 0 atom stereocenters. The lowest BCUT2D eigenvalue weighted by Crippen LogP contribution is -2.28. The Labute approximate surface area is 165 Å². The molecule has 0 saturated heterocycles. The van der Waals surface area contributed by atoms with Gasteiger partial charge in [0.15, 0.2) is 11.5 Å². The average molecular weight is 387 g/mol. The predicted octanol–water partition coefficient (Wildman–Crippen LogP) is 3.49. The normalized spacial score (nSPS) is 11.6. The first-order valence-electron chi connectivity index (χ1n) is 9.42. The number of nitrogens with one attached hydrogen (secondary N) is 2. The molecule has 1 heterocycles. The van der Waals surface area contributed by atoms with Gasteiger partial charge in [-0.25, -0.2) is 5.43 Å². The summed E-state index contributed by atoms with van der Waals surface area (Å²) in [6.07, 6.45) is 4.90. The number of rotatable bonds is 9. The molecular formula is C20H29N5O3. The third kappa shape index (κ3) is 6.07. The van der Waals surface area contributed by atoms with E-state index >= 15 is 0 Å². The minimum Gasteiger partial charge on any atom is -0.493 e. The Morgan fingerprint density at radius 2 is 2.00 bits per heavy atom. The molecule has 2 rings (SSSR count). The number of hydrazone groups is 1. The Morgan fingerprint density at radius 3 is 2.64 bits per heavy atom. The van der Waals surface area contributed by atoms with Crippen LogP contribution in [0.1, 0.15) is 58.2 Å². The SMILES string of the molecule is CCCCCOc1ccc(/C=N/Nc2nnc(C(C)(C)C)c(=O)[nH]2)cc1OC. The van der Waals surface area contributed by atoms with Gasteiger partial charge in [-0.2, -0.15) is 5.10 Å². The van der Waals surface area contributed by atoms with E-state index in [1.54, 1.807) is 13.3 Å². The summed E-state index contributed by atoms with van der Waals surface area (Å²) in [5.41, 5.74) is 3.21. The molecule has 8 heteroatoms. The minimum atomic E-state index is -0.376. The highest BCUT2D eigenvalue weighted by molar-refractivity contribution is 5.81. The standard InChI is InChI=1S/C20H29N5O3/c1-6-7-8-11-28-15-10-9-14(12-16(15)27-5)13-21-24-19-22-18(26)17(23-25-19)20(2,3)4/h9-10,12-13H,6-8,11H2,1-5H3,(H2,22,24,25,26)/b21-13+. The summed E-state index contributed by atoms with van der Waals surface area (Å²) < 4.78 is 11.2. The van der Waals surface area contributed by atoms with Crippen molar-refractivity contribution in [2.24, 2.45) is 5.10 Å². The molecule has 28 heavy (non-hydrogen) atoms. The van der Waals surface area contributed by atoms with E-state index in [1.165, 1.54) is 0 Å². The lowest BCUT2D eigenvalue weighted by atomic mass is 9.93. The molecule has 0 fully saturated rings. The minimum absolute atomic E-state index is 0.178. The van der Waals surface area contributed by atoms with Crippen LogP contribution >= 0.6 is 0 Å². The number of hydrogen-bond acceptors (Lipinski definition) is 7. The monoisotopic (exact) mass is 387 g/mol. The fraction of sp³-hybridized carbons (Fsp3) is 0.500. The highest BCUT2D eigenvalue weighted by Crippen LogP contribution is 2.27. The zero-order chi connectivity index (χ0) is 20.6. The number of benzene rings is 1. The molecule has 0 aliphatic heterocycles. The van der Waals surface area contributed by atoms with Gasteiger partial charge >= 0.3 is 0 Å². The average Bonchev–Trinajstić information content (AvgIpc) is 2.65. The summed E-state index contributed by atoms with van der Waals surface area (Å²) >= 11 is 0. The van der Waals surface area contributed by atoms with Crippen LogP contribution in [0.2, 0.25) is 0 Å². The van der Waals surface area contributed by atoms with Crippen molar-refractivity contribution in [2.45, 2.75) is 52.4 Å². The fourth-order valence-corrected chi connectivity index (χ4v) is 2.46. The third-order valence-electron chi connectivity index (χ3n) is 3.98. The second-order valence-electron chi connectivity index (χ2n) is 7.44. The van der Waals surface area contributed by atoms with Crippen molar-refractivity contribution >= 4 is 12.2 Å². The van der Waals surface area contributed by atoms with Crippen LogP contribution in [0.4, 0.5) is 5.95 Å². The number of nitrogens with zero attached hydrogens (tertiary/aromatic N) is 3. The van der Waals surface area contributed by atoms with Gasteiger partial charge in [0, 0.05) is 5.41 Å². The zero-order valence-corrected chi connectivity index (χ0v) is 17.2.